The highest BCUT2D eigenvalue weighted by Crippen LogP contribution is 2.24. The van der Waals surface area contributed by atoms with Gasteiger partial charge in [-0.3, -0.25) is 0 Å². The van der Waals surface area contributed by atoms with Crippen LogP contribution in [0.15, 0.2) is 36.4 Å². The zero-order chi connectivity index (χ0) is 14.3. The maximum Gasteiger partial charge on any atom is 0.201 e. The Kier molecular flexibility index (Phi) is 2.89. The molecule has 0 aliphatic rings. The number of hydrogen-bond donors (Lipinski definition) is 1. The van der Waals surface area contributed by atoms with Gasteiger partial charge >= 0.3 is 0 Å². The van der Waals surface area contributed by atoms with E-state index in [1.807, 2.05) is 31.2 Å². The van der Waals surface area contributed by atoms with Crippen molar-refractivity contribution in [3.8, 4) is 0 Å². The Morgan fingerprint density at radius 3 is 2.65 bits per heavy atom. The molecule has 0 unspecified atom stereocenters. The number of hydrogen-bond acceptors (Lipinski definition) is 2. The van der Waals surface area contributed by atoms with Gasteiger partial charge in [0.05, 0.1) is 12.1 Å². The molecule has 3 rings (SSSR count). The second kappa shape index (κ2) is 4.59. The van der Waals surface area contributed by atoms with Crippen LogP contribution in [-0.2, 0) is 6.54 Å². The summed E-state index contributed by atoms with van der Waals surface area (Å²) in [6.07, 6.45) is 0. The standard InChI is InChI=1S/C15H13F2N3/c1-9-4-2-3-5-10(9)8-20-14-12(19-15(20)18)7-6-11(16)13(14)17/h2-7H,8H2,1H3,(H2,18,19). The lowest BCUT2D eigenvalue weighted by Crippen LogP contribution is -2.07. The summed E-state index contributed by atoms with van der Waals surface area (Å²) >= 11 is 0. The number of anilines is 1. The summed E-state index contributed by atoms with van der Waals surface area (Å²) in [7, 11) is 0. The molecule has 0 spiro atoms. The molecule has 0 saturated carbocycles. The van der Waals surface area contributed by atoms with Gasteiger partial charge in [0.1, 0.15) is 5.52 Å². The highest BCUT2D eigenvalue weighted by Gasteiger charge is 2.16. The average molecular weight is 273 g/mol. The van der Waals surface area contributed by atoms with Crippen LogP contribution in [-0.4, -0.2) is 9.55 Å². The second-order valence-corrected chi connectivity index (χ2v) is 4.71. The quantitative estimate of drug-likeness (QED) is 0.779. The van der Waals surface area contributed by atoms with Gasteiger partial charge in [0.15, 0.2) is 11.6 Å². The van der Waals surface area contributed by atoms with E-state index in [-0.39, 0.29) is 11.5 Å². The Labute approximate surface area is 114 Å². The van der Waals surface area contributed by atoms with E-state index in [0.29, 0.717) is 12.1 Å². The first-order valence-corrected chi connectivity index (χ1v) is 6.22. The first-order chi connectivity index (χ1) is 9.58. The Morgan fingerprint density at radius 2 is 1.90 bits per heavy atom. The number of aromatic nitrogens is 2. The largest absolute Gasteiger partial charge is 0.369 e. The van der Waals surface area contributed by atoms with Crippen LogP contribution in [0.25, 0.3) is 11.0 Å². The van der Waals surface area contributed by atoms with Crippen molar-refractivity contribution < 1.29 is 8.78 Å². The molecule has 0 amide bonds. The minimum absolute atomic E-state index is 0.103. The summed E-state index contributed by atoms with van der Waals surface area (Å²) in [5.41, 5.74) is 8.34. The number of fused-ring (bicyclic) bond motifs is 1. The third kappa shape index (κ3) is 1.91. The fraction of sp³-hybridized carbons (Fsp3) is 0.133. The van der Waals surface area contributed by atoms with Crippen molar-refractivity contribution in [2.24, 2.45) is 0 Å². The third-order valence-electron chi connectivity index (χ3n) is 3.42. The number of benzene rings is 2. The van der Waals surface area contributed by atoms with E-state index in [0.717, 1.165) is 17.2 Å². The van der Waals surface area contributed by atoms with E-state index < -0.39 is 11.6 Å². The van der Waals surface area contributed by atoms with Crippen LogP contribution in [0.1, 0.15) is 11.1 Å². The molecular formula is C15H13F2N3. The van der Waals surface area contributed by atoms with E-state index >= 15 is 0 Å². The van der Waals surface area contributed by atoms with E-state index in [1.54, 1.807) is 0 Å². The first-order valence-electron chi connectivity index (χ1n) is 6.22. The Bertz CT molecular complexity index is 793. The fourth-order valence-electron chi connectivity index (χ4n) is 2.29. The van der Waals surface area contributed by atoms with Gasteiger partial charge in [-0.2, -0.15) is 0 Å². The monoisotopic (exact) mass is 273 g/mol. The lowest BCUT2D eigenvalue weighted by Gasteiger charge is -2.09. The number of aryl methyl sites for hydroxylation is 1. The maximum atomic E-state index is 14.0. The summed E-state index contributed by atoms with van der Waals surface area (Å²) < 4.78 is 28.9. The molecular weight excluding hydrogens is 260 g/mol. The predicted molar refractivity (Wildman–Crippen MR) is 74.3 cm³/mol. The highest BCUT2D eigenvalue weighted by molar-refractivity contribution is 5.79. The van der Waals surface area contributed by atoms with Gasteiger partial charge in [0, 0.05) is 0 Å². The summed E-state index contributed by atoms with van der Waals surface area (Å²) in [6.45, 7) is 2.32. The first kappa shape index (κ1) is 12.6. The number of rotatable bonds is 2. The molecule has 2 N–H and O–H groups in total. The summed E-state index contributed by atoms with van der Waals surface area (Å²) in [5.74, 6) is -1.64. The lowest BCUT2D eigenvalue weighted by atomic mass is 10.1. The van der Waals surface area contributed by atoms with E-state index in [2.05, 4.69) is 4.98 Å². The van der Waals surface area contributed by atoms with Crippen LogP contribution in [0.2, 0.25) is 0 Å². The van der Waals surface area contributed by atoms with Crippen molar-refractivity contribution in [3.63, 3.8) is 0 Å². The van der Waals surface area contributed by atoms with Gasteiger partial charge in [0.2, 0.25) is 5.95 Å². The summed E-state index contributed by atoms with van der Waals surface area (Å²) in [4.78, 5) is 4.07. The average Bonchev–Trinajstić information content (AvgIpc) is 2.74. The molecule has 0 atom stereocenters. The highest BCUT2D eigenvalue weighted by atomic mass is 19.2. The molecule has 0 aliphatic heterocycles. The number of halogens is 2. The Morgan fingerprint density at radius 1 is 1.15 bits per heavy atom. The summed E-state index contributed by atoms with van der Waals surface area (Å²) in [5, 5.41) is 0. The van der Waals surface area contributed by atoms with Gasteiger partial charge in [-0.1, -0.05) is 24.3 Å². The minimum Gasteiger partial charge on any atom is -0.369 e. The van der Waals surface area contributed by atoms with Crippen LogP contribution in [0, 0.1) is 18.6 Å². The van der Waals surface area contributed by atoms with Crippen LogP contribution >= 0.6 is 0 Å². The molecule has 0 saturated heterocycles. The fourth-order valence-corrected chi connectivity index (χ4v) is 2.29. The molecule has 1 heterocycles. The van der Waals surface area contributed by atoms with E-state index in [4.69, 9.17) is 5.73 Å². The topological polar surface area (TPSA) is 43.8 Å². The minimum atomic E-state index is -0.916. The van der Waals surface area contributed by atoms with Crippen molar-refractivity contribution >= 4 is 17.0 Å². The van der Waals surface area contributed by atoms with Crippen LogP contribution in [0.5, 0.6) is 0 Å². The zero-order valence-electron chi connectivity index (χ0n) is 10.9. The molecule has 102 valence electrons. The predicted octanol–water partition coefficient (Wildman–Crippen LogP) is 3.25. The van der Waals surface area contributed by atoms with Gasteiger partial charge in [-0.15, -0.1) is 0 Å². The number of imidazole rings is 1. The van der Waals surface area contributed by atoms with Gasteiger partial charge < -0.3 is 10.3 Å². The second-order valence-electron chi connectivity index (χ2n) is 4.71. The Balaban J connectivity index is 2.19. The van der Waals surface area contributed by atoms with Crippen LogP contribution in [0.3, 0.4) is 0 Å². The normalized spacial score (nSPS) is 11.2. The van der Waals surface area contributed by atoms with Crippen LogP contribution in [0.4, 0.5) is 14.7 Å². The zero-order valence-corrected chi connectivity index (χ0v) is 10.9. The number of nitrogens with two attached hydrogens (primary N) is 1. The molecule has 1 aromatic heterocycles. The van der Waals surface area contributed by atoms with Crippen molar-refractivity contribution in [2.75, 3.05) is 5.73 Å². The van der Waals surface area contributed by atoms with E-state index in [1.165, 1.54) is 10.6 Å². The van der Waals surface area contributed by atoms with Gasteiger partial charge in [-0.25, -0.2) is 13.8 Å². The molecule has 3 aromatic rings. The van der Waals surface area contributed by atoms with Crippen molar-refractivity contribution in [1.29, 1.82) is 0 Å². The summed E-state index contributed by atoms with van der Waals surface area (Å²) in [6, 6.07) is 10.2. The number of nitrogen functional groups attached to an aromatic ring is 1. The smallest absolute Gasteiger partial charge is 0.201 e. The molecule has 0 bridgehead atoms. The van der Waals surface area contributed by atoms with Crippen molar-refractivity contribution in [1.82, 2.24) is 9.55 Å². The molecule has 0 aliphatic carbocycles. The van der Waals surface area contributed by atoms with Crippen molar-refractivity contribution in [2.45, 2.75) is 13.5 Å². The van der Waals surface area contributed by atoms with Gasteiger partial charge in [0.25, 0.3) is 0 Å². The molecule has 0 radical (unpaired) electrons. The van der Waals surface area contributed by atoms with Crippen molar-refractivity contribution in [3.05, 3.63) is 59.2 Å². The number of nitrogens with zero attached hydrogens (tertiary/aromatic N) is 2. The van der Waals surface area contributed by atoms with Crippen LogP contribution < -0.4 is 5.73 Å². The Hall–Kier alpha value is -2.43. The molecule has 3 nitrogen and oxygen atoms in total. The molecule has 0 fully saturated rings. The van der Waals surface area contributed by atoms with E-state index in [9.17, 15) is 8.78 Å². The molecule has 5 heteroatoms. The van der Waals surface area contributed by atoms with Gasteiger partial charge in [-0.05, 0) is 30.2 Å². The third-order valence-corrected chi connectivity index (χ3v) is 3.42. The molecule has 2 aromatic carbocycles. The maximum absolute atomic E-state index is 14.0. The lowest BCUT2D eigenvalue weighted by molar-refractivity contribution is 0.512. The SMILES string of the molecule is Cc1ccccc1Cn1c(N)nc2ccc(F)c(F)c21. The molecule has 20 heavy (non-hydrogen) atoms.